The van der Waals surface area contributed by atoms with Crippen molar-refractivity contribution in [2.75, 3.05) is 46.2 Å². The van der Waals surface area contributed by atoms with Gasteiger partial charge >= 0.3 is 0 Å². The lowest BCUT2D eigenvalue weighted by atomic mass is 9.87. The van der Waals surface area contributed by atoms with E-state index in [1.54, 1.807) is 0 Å². The molecule has 4 N–H and O–H groups in total. The van der Waals surface area contributed by atoms with Gasteiger partial charge in [0.05, 0.1) is 42.8 Å². The van der Waals surface area contributed by atoms with Crippen molar-refractivity contribution in [1.29, 1.82) is 0 Å². The van der Waals surface area contributed by atoms with Crippen molar-refractivity contribution in [3.05, 3.63) is 54.1 Å². The van der Waals surface area contributed by atoms with E-state index in [4.69, 9.17) is 24.7 Å². The van der Waals surface area contributed by atoms with E-state index in [2.05, 4.69) is 5.32 Å². The third-order valence-corrected chi connectivity index (χ3v) is 11.2. The van der Waals surface area contributed by atoms with Gasteiger partial charge in [0.25, 0.3) is 0 Å². The highest BCUT2D eigenvalue weighted by molar-refractivity contribution is 7.89. The molecule has 2 amide bonds. The highest BCUT2D eigenvalue weighted by Gasteiger charge is 2.47. The second-order valence-corrected chi connectivity index (χ2v) is 15.5. The standard InChI is InChI=1S/C34H48N4O10S/c1-34(2,13-6-7-14-36-31(40)18-35)21-37(49(43,44)24-10-11-29-30(17-24)48-22-47-29)19-28(39)26(16-23-8-4-3-5-9-23)38(33(41)42)27-20-46-32-25(27)12-15-45-32/h3-5,8-11,17,25-28,32,39H,6-7,12-16,18-22,35H2,1-2H3,(H,36,40)(H,41,42)/p-1/t25-,26-,27-,28+,32+/m0/s1. The molecule has 0 saturated carbocycles. The van der Waals surface area contributed by atoms with Crippen LogP contribution in [0.5, 0.6) is 11.5 Å². The number of carboxylic acid groups (broad SMARTS) is 1. The Kier molecular flexibility index (Phi) is 12.0. The molecule has 5 rings (SSSR count). The fourth-order valence-electron chi connectivity index (χ4n) is 6.87. The fourth-order valence-corrected chi connectivity index (χ4v) is 8.53. The predicted molar refractivity (Wildman–Crippen MR) is 176 cm³/mol. The number of nitrogens with one attached hydrogen (secondary N) is 1. The molecule has 3 aliphatic heterocycles. The van der Waals surface area contributed by atoms with Crippen LogP contribution in [0, 0.1) is 11.3 Å². The van der Waals surface area contributed by atoms with Gasteiger partial charge in [-0.25, -0.2) is 8.42 Å². The van der Waals surface area contributed by atoms with Crippen molar-refractivity contribution in [2.24, 2.45) is 17.1 Å². The fraction of sp³-hybridized carbons (Fsp3) is 0.588. The number of fused-ring (bicyclic) bond motifs is 2. The van der Waals surface area contributed by atoms with Gasteiger partial charge in [0.15, 0.2) is 17.8 Å². The summed E-state index contributed by atoms with van der Waals surface area (Å²) in [6.45, 7) is 4.31. The summed E-state index contributed by atoms with van der Waals surface area (Å²) in [6, 6.07) is 11.8. The largest absolute Gasteiger partial charge is 0.530 e. The second-order valence-electron chi connectivity index (χ2n) is 13.6. The smallest absolute Gasteiger partial charge is 0.243 e. The second kappa shape index (κ2) is 16.0. The quantitative estimate of drug-likeness (QED) is 0.200. The van der Waals surface area contributed by atoms with Crippen molar-refractivity contribution in [3.63, 3.8) is 0 Å². The molecular weight excluding hydrogens is 656 g/mol. The first-order valence-corrected chi connectivity index (χ1v) is 18.1. The average Bonchev–Trinajstić information content (AvgIpc) is 3.82. The number of nitrogens with two attached hydrogens (primary N) is 1. The zero-order chi connectivity index (χ0) is 35.2. The Bertz CT molecular complexity index is 1540. The lowest BCUT2D eigenvalue weighted by molar-refractivity contribution is -0.273. The highest BCUT2D eigenvalue weighted by atomic mass is 32.2. The Morgan fingerprint density at radius 3 is 2.59 bits per heavy atom. The van der Waals surface area contributed by atoms with Crippen molar-refractivity contribution in [1.82, 2.24) is 14.5 Å². The zero-order valence-corrected chi connectivity index (χ0v) is 28.8. The molecule has 0 aromatic heterocycles. The number of nitrogens with zero attached hydrogens (tertiary/aromatic N) is 2. The number of benzene rings is 2. The molecule has 0 aliphatic carbocycles. The molecule has 2 saturated heterocycles. The minimum atomic E-state index is -4.25. The molecule has 0 radical (unpaired) electrons. The molecule has 2 aromatic rings. The van der Waals surface area contributed by atoms with Crippen molar-refractivity contribution in [3.8, 4) is 11.5 Å². The van der Waals surface area contributed by atoms with Crippen LogP contribution >= 0.6 is 0 Å². The third-order valence-electron chi connectivity index (χ3n) is 9.43. The van der Waals surface area contributed by atoms with Gasteiger partial charge in [0.1, 0.15) is 6.09 Å². The van der Waals surface area contributed by atoms with E-state index in [1.165, 1.54) is 22.5 Å². The molecular formula is C34H47N4O10S-. The first-order valence-electron chi connectivity index (χ1n) is 16.7. The first-order chi connectivity index (χ1) is 23.4. The Balaban J connectivity index is 1.43. The molecule has 3 heterocycles. The van der Waals surface area contributed by atoms with Crippen LogP contribution in [0.4, 0.5) is 4.79 Å². The number of rotatable bonds is 17. The van der Waals surface area contributed by atoms with E-state index in [9.17, 15) is 28.2 Å². The number of carbonyl (C=O) groups is 2. The summed E-state index contributed by atoms with van der Waals surface area (Å²) in [7, 11) is -4.25. The first kappa shape index (κ1) is 36.8. The maximum absolute atomic E-state index is 14.4. The monoisotopic (exact) mass is 703 g/mol. The number of ether oxygens (including phenoxy) is 4. The molecule has 0 unspecified atom stereocenters. The molecule has 0 spiro atoms. The highest BCUT2D eigenvalue weighted by Crippen LogP contribution is 2.38. The zero-order valence-electron chi connectivity index (χ0n) is 28.0. The lowest BCUT2D eigenvalue weighted by Gasteiger charge is -2.43. The molecule has 270 valence electrons. The van der Waals surface area contributed by atoms with Gasteiger partial charge in [-0.1, -0.05) is 50.6 Å². The van der Waals surface area contributed by atoms with E-state index in [0.717, 1.165) is 10.5 Å². The SMILES string of the molecule is CC(C)(CCCCNC(=O)CN)CN(C[C@@H](O)[C@H](Cc1ccccc1)N(C(=O)[O-])[C@H]1CO[C@H]2OCC[C@H]21)S(=O)(=O)c1ccc2c(c1)OCO2. The summed E-state index contributed by atoms with van der Waals surface area (Å²) < 4.78 is 52.3. The number of carbonyl (C=O) groups excluding carboxylic acids is 2. The van der Waals surface area contributed by atoms with Crippen molar-refractivity contribution < 1.29 is 47.2 Å². The average molecular weight is 704 g/mol. The van der Waals surface area contributed by atoms with Crippen molar-refractivity contribution in [2.45, 2.75) is 75.3 Å². The molecule has 2 aromatic carbocycles. The topological polar surface area (TPSA) is 193 Å². The summed E-state index contributed by atoms with van der Waals surface area (Å²) in [4.78, 5) is 25.5. The van der Waals surface area contributed by atoms with Gasteiger partial charge in [0, 0.05) is 31.6 Å². The summed E-state index contributed by atoms with van der Waals surface area (Å²) in [6.07, 6.45) is -0.813. The number of hydrogen-bond donors (Lipinski definition) is 3. The summed E-state index contributed by atoms with van der Waals surface area (Å²) in [5.74, 6) is 0.226. The minimum Gasteiger partial charge on any atom is -0.530 e. The van der Waals surface area contributed by atoms with E-state index in [0.29, 0.717) is 50.3 Å². The van der Waals surface area contributed by atoms with Gasteiger partial charge in [-0.05, 0) is 48.8 Å². The summed E-state index contributed by atoms with van der Waals surface area (Å²) in [5.41, 5.74) is 5.56. The number of sulfonamides is 1. The number of hydrogen-bond acceptors (Lipinski definition) is 11. The molecule has 0 bridgehead atoms. The molecule has 49 heavy (non-hydrogen) atoms. The van der Waals surface area contributed by atoms with Crippen LogP contribution in [-0.4, -0.2) is 105 Å². The number of amides is 2. The lowest BCUT2D eigenvalue weighted by Crippen LogP contribution is -2.61. The van der Waals surface area contributed by atoms with E-state index in [-0.39, 0.29) is 49.6 Å². The predicted octanol–water partition coefficient (Wildman–Crippen LogP) is 1.06. The number of aliphatic hydroxyl groups is 1. The normalized spacial score (nSPS) is 21.4. The van der Waals surface area contributed by atoms with Crippen LogP contribution in [0.25, 0.3) is 0 Å². The Morgan fingerprint density at radius 2 is 1.86 bits per heavy atom. The van der Waals surface area contributed by atoms with E-state index < -0.39 is 52.6 Å². The summed E-state index contributed by atoms with van der Waals surface area (Å²) >= 11 is 0. The van der Waals surface area contributed by atoms with Crippen LogP contribution < -0.4 is 25.6 Å². The van der Waals surface area contributed by atoms with Gasteiger partial charge < -0.3 is 49.9 Å². The van der Waals surface area contributed by atoms with Crippen LogP contribution in [-0.2, 0) is 30.7 Å². The van der Waals surface area contributed by atoms with Gasteiger partial charge in [-0.15, -0.1) is 0 Å². The van der Waals surface area contributed by atoms with E-state index >= 15 is 0 Å². The number of aliphatic hydroxyl groups excluding tert-OH is 1. The Morgan fingerprint density at radius 1 is 1.10 bits per heavy atom. The van der Waals surface area contributed by atoms with Gasteiger partial charge in [0.2, 0.25) is 22.7 Å². The molecule has 5 atom stereocenters. The molecule has 14 nitrogen and oxygen atoms in total. The van der Waals surface area contributed by atoms with Crippen molar-refractivity contribution >= 4 is 22.0 Å². The van der Waals surface area contributed by atoms with Crippen LogP contribution in [0.2, 0.25) is 0 Å². The van der Waals surface area contributed by atoms with Crippen LogP contribution in [0.1, 0.15) is 45.1 Å². The van der Waals surface area contributed by atoms with Crippen LogP contribution in [0.3, 0.4) is 0 Å². The molecule has 3 aliphatic rings. The maximum atomic E-state index is 14.4. The Labute approximate surface area is 287 Å². The van der Waals surface area contributed by atoms with Gasteiger partial charge in [-0.3, -0.25) is 4.79 Å². The summed E-state index contributed by atoms with van der Waals surface area (Å²) in [5, 5.41) is 27.7. The Hall–Kier alpha value is -3.47. The number of unbranched alkanes of at least 4 members (excludes halogenated alkanes) is 1. The van der Waals surface area contributed by atoms with Gasteiger partial charge in [-0.2, -0.15) is 4.31 Å². The molecule has 2 fully saturated rings. The van der Waals surface area contributed by atoms with Crippen LogP contribution in [0.15, 0.2) is 53.4 Å². The molecule has 15 heteroatoms. The van der Waals surface area contributed by atoms with E-state index in [1.807, 2.05) is 44.2 Å². The maximum Gasteiger partial charge on any atom is 0.243 e. The minimum absolute atomic E-state index is 0.0183. The third kappa shape index (κ3) is 9.01.